The molecule has 3 aromatic rings. The highest BCUT2D eigenvalue weighted by Gasteiger charge is 2.45. The van der Waals surface area contributed by atoms with Crippen molar-refractivity contribution >= 4 is 0 Å². The topological polar surface area (TPSA) is 38.3 Å². The van der Waals surface area contributed by atoms with Crippen LogP contribution >= 0.6 is 0 Å². The van der Waals surface area contributed by atoms with Gasteiger partial charge in [0.25, 0.3) is 0 Å². The van der Waals surface area contributed by atoms with Crippen LogP contribution in [-0.4, -0.2) is 34.6 Å². The molecular formula is C24H24FN3O. The highest BCUT2D eigenvalue weighted by atomic mass is 19.1. The molecule has 0 aliphatic carbocycles. The van der Waals surface area contributed by atoms with E-state index >= 15 is 0 Å². The molecule has 1 saturated heterocycles. The fourth-order valence-corrected chi connectivity index (χ4v) is 4.61. The lowest BCUT2D eigenvalue weighted by atomic mass is 9.80. The molecule has 3 heterocycles. The lowest BCUT2D eigenvalue weighted by Crippen LogP contribution is -2.41. The van der Waals surface area contributed by atoms with E-state index in [0.717, 1.165) is 53.4 Å². The molecule has 1 spiro atoms. The molecule has 0 radical (unpaired) electrons. The van der Waals surface area contributed by atoms with Crippen LogP contribution in [0, 0.1) is 12.7 Å². The van der Waals surface area contributed by atoms with Gasteiger partial charge in [-0.2, -0.15) is 0 Å². The molecule has 2 aromatic carbocycles. The predicted octanol–water partition coefficient (Wildman–Crippen LogP) is 4.27. The number of nitrogens with zero attached hydrogens (tertiary/aromatic N) is 3. The number of aromatic nitrogens is 2. The molecule has 2 aliphatic heterocycles. The quantitative estimate of drug-likeness (QED) is 0.671. The third-order valence-corrected chi connectivity index (χ3v) is 6.16. The van der Waals surface area contributed by atoms with Crippen molar-refractivity contribution in [3.05, 3.63) is 82.9 Å². The zero-order valence-electron chi connectivity index (χ0n) is 16.6. The van der Waals surface area contributed by atoms with E-state index in [4.69, 9.17) is 14.7 Å². The number of rotatable bonds is 3. The van der Waals surface area contributed by atoms with Gasteiger partial charge in [-0.1, -0.05) is 48.5 Å². The van der Waals surface area contributed by atoms with Gasteiger partial charge in [-0.25, -0.2) is 14.4 Å². The van der Waals surface area contributed by atoms with Crippen LogP contribution in [0.1, 0.15) is 28.9 Å². The Morgan fingerprint density at radius 1 is 1.07 bits per heavy atom. The first-order valence-corrected chi connectivity index (χ1v) is 10.1. The second kappa shape index (κ2) is 7.32. The number of likely N-dealkylation sites (tertiary alicyclic amines) is 1. The number of ether oxygens (including phenoxy) is 1. The first-order valence-electron chi connectivity index (χ1n) is 10.1. The molecule has 0 amide bonds. The third kappa shape index (κ3) is 3.34. The van der Waals surface area contributed by atoms with Gasteiger partial charge in [-0.05, 0) is 26.0 Å². The molecule has 0 bridgehead atoms. The highest BCUT2D eigenvalue weighted by molar-refractivity contribution is 5.56. The summed E-state index contributed by atoms with van der Waals surface area (Å²) in [6.07, 6.45) is 0.957. The molecule has 0 saturated carbocycles. The molecule has 29 heavy (non-hydrogen) atoms. The normalized spacial score (nSPS) is 21.4. The predicted molar refractivity (Wildman–Crippen MR) is 110 cm³/mol. The van der Waals surface area contributed by atoms with Gasteiger partial charge in [0.05, 0.1) is 24.3 Å². The van der Waals surface area contributed by atoms with Gasteiger partial charge in [-0.15, -0.1) is 0 Å². The smallest absolute Gasteiger partial charge is 0.159 e. The maximum absolute atomic E-state index is 14.1. The maximum atomic E-state index is 14.1. The minimum Gasteiger partial charge on any atom is -0.376 e. The Morgan fingerprint density at radius 3 is 2.69 bits per heavy atom. The summed E-state index contributed by atoms with van der Waals surface area (Å²) in [6, 6.07) is 17.1. The van der Waals surface area contributed by atoms with Crippen LogP contribution in [0.25, 0.3) is 11.4 Å². The summed E-state index contributed by atoms with van der Waals surface area (Å²) >= 11 is 0. The Morgan fingerprint density at radius 2 is 1.86 bits per heavy atom. The van der Waals surface area contributed by atoms with E-state index in [0.29, 0.717) is 19.8 Å². The SMILES string of the molecule is Cc1nc(-c2ccccc2)nc2c1COCC21CCN(Cc2ccccc2F)C1. The van der Waals surface area contributed by atoms with E-state index in [2.05, 4.69) is 4.90 Å². The van der Waals surface area contributed by atoms with Gasteiger partial charge in [0.15, 0.2) is 5.82 Å². The molecule has 1 unspecified atom stereocenters. The third-order valence-electron chi connectivity index (χ3n) is 6.16. The molecule has 1 aromatic heterocycles. The molecule has 5 heteroatoms. The Hall–Kier alpha value is -2.63. The van der Waals surface area contributed by atoms with Crippen LogP contribution in [0.5, 0.6) is 0 Å². The van der Waals surface area contributed by atoms with Gasteiger partial charge in [0.2, 0.25) is 0 Å². The highest BCUT2D eigenvalue weighted by Crippen LogP contribution is 2.41. The number of fused-ring (bicyclic) bond motifs is 2. The van der Waals surface area contributed by atoms with Crippen molar-refractivity contribution in [1.82, 2.24) is 14.9 Å². The summed E-state index contributed by atoms with van der Waals surface area (Å²) in [5.41, 5.74) is 4.83. The Kier molecular flexibility index (Phi) is 4.64. The Balaban J connectivity index is 1.49. The van der Waals surface area contributed by atoms with Gasteiger partial charge >= 0.3 is 0 Å². The van der Waals surface area contributed by atoms with Crippen molar-refractivity contribution in [3.8, 4) is 11.4 Å². The number of halogens is 1. The van der Waals surface area contributed by atoms with E-state index in [1.54, 1.807) is 6.07 Å². The molecular weight excluding hydrogens is 365 g/mol. The van der Waals surface area contributed by atoms with Crippen LogP contribution in [0.3, 0.4) is 0 Å². The first-order chi connectivity index (χ1) is 14.1. The van der Waals surface area contributed by atoms with Crippen molar-refractivity contribution in [2.75, 3.05) is 19.7 Å². The van der Waals surface area contributed by atoms with Crippen LogP contribution in [0.4, 0.5) is 4.39 Å². The maximum Gasteiger partial charge on any atom is 0.159 e. The summed E-state index contributed by atoms with van der Waals surface area (Å²) < 4.78 is 20.1. The Bertz CT molecular complexity index is 1040. The van der Waals surface area contributed by atoms with Crippen molar-refractivity contribution in [1.29, 1.82) is 0 Å². The molecule has 4 nitrogen and oxygen atoms in total. The molecule has 0 N–H and O–H groups in total. The van der Waals surface area contributed by atoms with Crippen LogP contribution in [-0.2, 0) is 23.3 Å². The molecule has 5 rings (SSSR count). The number of hydrogen-bond donors (Lipinski definition) is 0. The van der Waals surface area contributed by atoms with Gasteiger partial charge in [0.1, 0.15) is 5.82 Å². The molecule has 1 atom stereocenters. The van der Waals surface area contributed by atoms with Crippen molar-refractivity contribution < 1.29 is 9.13 Å². The number of benzene rings is 2. The molecule has 148 valence electrons. The zero-order valence-corrected chi connectivity index (χ0v) is 16.6. The van der Waals surface area contributed by atoms with E-state index in [9.17, 15) is 4.39 Å². The van der Waals surface area contributed by atoms with Crippen molar-refractivity contribution in [3.63, 3.8) is 0 Å². The van der Waals surface area contributed by atoms with Crippen LogP contribution in [0.15, 0.2) is 54.6 Å². The second-order valence-corrected chi connectivity index (χ2v) is 8.15. The lowest BCUT2D eigenvalue weighted by molar-refractivity contribution is 0.0498. The van der Waals surface area contributed by atoms with Crippen molar-refractivity contribution in [2.24, 2.45) is 0 Å². The summed E-state index contributed by atoms with van der Waals surface area (Å²) in [7, 11) is 0. The zero-order chi connectivity index (χ0) is 19.8. The summed E-state index contributed by atoms with van der Waals surface area (Å²) in [5.74, 6) is 0.633. The average Bonchev–Trinajstić information content (AvgIpc) is 3.14. The minimum atomic E-state index is -0.157. The Labute approximate surface area is 170 Å². The van der Waals surface area contributed by atoms with E-state index in [1.807, 2.05) is 49.4 Å². The number of aryl methyl sites for hydroxylation is 1. The fourth-order valence-electron chi connectivity index (χ4n) is 4.61. The fraction of sp³-hybridized carbons (Fsp3) is 0.333. The van der Waals surface area contributed by atoms with E-state index < -0.39 is 0 Å². The van der Waals surface area contributed by atoms with Crippen molar-refractivity contribution in [2.45, 2.75) is 31.9 Å². The first kappa shape index (κ1) is 18.4. The monoisotopic (exact) mass is 389 g/mol. The van der Waals surface area contributed by atoms with E-state index in [-0.39, 0.29) is 11.2 Å². The lowest BCUT2D eigenvalue weighted by Gasteiger charge is -2.35. The summed E-state index contributed by atoms with van der Waals surface area (Å²) in [4.78, 5) is 12.1. The summed E-state index contributed by atoms with van der Waals surface area (Å²) in [6.45, 7) is 5.59. The number of hydrogen-bond acceptors (Lipinski definition) is 4. The van der Waals surface area contributed by atoms with Gasteiger partial charge < -0.3 is 4.74 Å². The minimum absolute atomic E-state index is 0.140. The van der Waals surface area contributed by atoms with Crippen LogP contribution in [0.2, 0.25) is 0 Å². The standard InChI is InChI=1S/C24H24FN3O/c1-17-20-14-29-16-24(22(20)27-23(26-17)18-7-3-2-4-8-18)11-12-28(15-24)13-19-9-5-6-10-21(19)25/h2-10H,11-16H2,1H3. The van der Waals surface area contributed by atoms with Gasteiger partial charge in [0, 0.05) is 35.5 Å². The largest absolute Gasteiger partial charge is 0.376 e. The summed E-state index contributed by atoms with van der Waals surface area (Å²) in [5, 5.41) is 0. The average molecular weight is 389 g/mol. The second-order valence-electron chi connectivity index (χ2n) is 8.15. The van der Waals surface area contributed by atoms with Crippen LogP contribution < -0.4 is 0 Å². The van der Waals surface area contributed by atoms with Gasteiger partial charge in [-0.3, -0.25) is 4.90 Å². The molecule has 1 fully saturated rings. The van der Waals surface area contributed by atoms with E-state index in [1.165, 1.54) is 6.07 Å². The molecule has 2 aliphatic rings.